The molecule has 1 aliphatic rings. The van der Waals surface area contributed by atoms with Crippen LogP contribution in [0.3, 0.4) is 0 Å². The molecule has 1 aliphatic heterocycles. The molecule has 0 aromatic carbocycles. The summed E-state index contributed by atoms with van der Waals surface area (Å²) >= 11 is 0. The van der Waals surface area contributed by atoms with E-state index in [1.54, 1.807) is 40.4 Å². The summed E-state index contributed by atoms with van der Waals surface area (Å²) in [5.41, 5.74) is 2.27. The first-order valence-corrected chi connectivity index (χ1v) is 10.0. The van der Waals surface area contributed by atoms with Gasteiger partial charge in [-0.15, -0.1) is 0 Å². The van der Waals surface area contributed by atoms with Gasteiger partial charge in [-0.2, -0.15) is 5.10 Å². The molecule has 0 amide bonds. The van der Waals surface area contributed by atoms with E-state index >= 15 is 0 Å². The molecule has 0 N–H and O–H groups in total. The van der Waals surface area contributed by atoms with Crippen molar-refractivity contribution in [2.24, 2.45) is 13.0 Å². The van der Waals surface area contributed by atoms with Crippen LogP contribution in [0.25, 0.3) is 22.3 Å². The Hall–Kier alpha value is -3.62. The third kappa shape index (κ3) is 3.54. The van der Waals surface area contributed by atoms with Crippen molar-refractivity contribution in [2.45, 2.75) is 19.4 Å². The second-order valence-electron chi connectivity index (χ2n) is 7.67. The number of piperidine rings is 1. The fourth-order valence-corrected chi connectivity index (χ4v) is 4.04. The van der Waals surface area contributed by atoms with E-state index < -0.39 is 0 Å². The summed E-state index contributed by atoms with van der Waals surface area (Å²) in [6.45, 7) is 2.47. The van der Waals surface area contributed by atoms with Crippen LogP contribution in [0.2, 0.25) is 0 Å². The fourth-order valence-electron chi connectivity index (χ4n) is 4.04. The second-order valence-corrected chi connectivity index (χ2v) is 7.67. The first-order valence-electron chi connectivity index (χ1n) is 10.0. The number of aromatic nitrogens is 7. The second kappa shape index (κ2) is 7.66. The van der Waals surface area contributed by atoms with Gasteiger partial charge in [-0.05, 0) is 30.9 Å². The Morgan fingerprint density at radius 2 is 1.90 bits per heavy atom. The van der Waals surface area contributed by atoms with Gasteiger partial charge in [0.25, 0.3) is 5.56 Å². The zero-order chi connectivity index (χ0) is 20.5. The molecular formula is C21H22N8O. The third-order valence-electron chi connectivity index (χ3n) is 5.63. The van der Waals surface area contributed by atoms with Crippen LogP contribution in [-0.2, 0) is 13.6 Å². The minimum absolute atomic E-state index is 0.0212. The lowest BCUT2D eigenvalue weighted by molar-refractivity contribution is 0.350. The minimum Gasteiger partial charge on any atom is -0.356 e. The van der Waals surface area contributed by atoms with Crippen molar-refractivity contribution >= 4 is 16.9 Å². The van der Waals surface area contributed by atoms with Gasteiger partial charge in [-0.1, -0.05) is 0 Å². The number of hydrogen-bond donors (Lipinski definition) is 0. The molecule has 0 radical (unpaired) electrons. The molecule has 152 valence electrons. The largest absolute Gasteiger partial charge is 0.356 e. The number of anilines is 1. The quantitative estimate of drug-likeness (QED) is 0.514. The molecular weight excluding hydrogens is 380 g/mol. The van der Waals surface area contributed by atoms with Crippen LogP contribution in [0.15, 0.2) is 54.2 Å². The predicted molar refractivity (Wildman–Crippen MR) is 113 cm³/mol. The van der Waals surface area contributed by atoms with E-state index in [1.807, 2.05) is 25.4 Å². The van der Waals surface area contributed by atoms with Gasteiger partial charge in [0.05, 0.1) is 17.4 Å². The number of hydrogen-bond acceptors (Lipinski definition) is 7. The lowest BCUT2D eigenvalue weighted by Crippen LogP contribution is -2.36. The molecule has 4 aromatic rings. The zero-order valence-electron chi connectivity index (χ0n) is 16.7. The summed E-state index contributed by atoms with van der Waals surface area (Å²) < 4.78 is 3.49. The summed E-state index contributed by atoms with van der Waals surface area (Å²) in [4.78, 5) is 32.1. The molecule has 9 nitrogen and oxygen atoms in total. The fraction of sp³-hybridized carbons (Fsp3) is 0.333. The van der Waals surface area contributed by atoms with Gasteiger partial charge in [-0.25, -0.2) is 15.0 Å². The Kier molecular flexibility index (Phi) is 4.70. The maximum Gasteiger partial charge on any atom is 0.253 e. The smallest absolute Gasteiger partial charge is 0.253 e. The highest BCUT2D eigenvalue weighted by Gasteiger charge is 2.23. The molecule has 0 aliphatic carbocycles. The van der Waals surface area contributed by atoms with Gasteiger partial charge in [0.15, 0.2) is 5.65 Å². The average Bonchev–Trinajstić information content (AvgIpc) is 3.16. The maximum absolute atomic E-state index is 12.6. The maximum atomic E-state index is 12.6. The first-order chi connectivity index (χ1) is 14.7. The number of fused-ring (bicyclic) bond motifs is 1. The Morgan fingerprint density at radius 1 is 1.10 bits per heavy atom. The van der Waals surface area contributed by atoms with Crippen molar-refractivity contribution in [1.29, 1.82) is 0 Å². The van der Waals surface area contributed by atoms with Crippen LogP contribution < -0.4 is 10.5 Å². The summed E-state index contributed by atoms with van der Waals surface area (Å²) in [5.74, 6) is 1.37. The lowest BCUT2D eigenvalue weighted by Gasteiger charge is -2.33. The van der Waals surface area contributed by atoms with E-state index in [1.165, 1.54) is 0 Å². The Balaban J connectivity index is 1.27. The van der Waals surface area contributed by atoms with Crippen molar-refractivity contribution in [3.63, 3.8) is 0 Å². The molecule has 1 saturated heterocycles. The molecule has 0 saturated carbocycles. The Labute approximate surface area is 173 Å². The van der Waals surface area contributed by atoms with Gasteiger partial charge < -0.3 is 4.90 Å². The average molecular weight is 402 g/mol. The van der Waals surface area contributed by atoms with Crippen molar-refractivity contribution in [3.8, 4) is 11.3 Å². The monoisotopic (exact) mass is 402 g/mol. The SMILES string of the molecule is Cn1cc2c(N3CCC(Cn4cnc(-c5ccncc5)cc4=O)CC3)ncnc2n1. The number of pyridine rings is 1. The van der Waals surface area contributed by atoms with Crippen LogP contribution in [0.5, 0.6) is 0 Å². The summed E-state index contributed by atoms with van der Waals surface area (Å²) in [6.07, 6.45) is 10.6. The lowest BCUT2D eigenvalue weighted by atomic mass is 9.96. The Bertz CT molecular complexity index is 1220. The number of nitrogens with zero attached hydrogens (tertiary/aromatic N) is 8. The van der Waals surface area contributed by atoms with E-state index in [9.17, 15) is 4.79 Å². The molecule has 0 atom stereocenters. The molecule has 0 unspecified atom stereocenters. The zero-order valence-corrected chi connectivity index (χ0v) is 16.7. The van der Waals surface area contributed by atoms with Crippen molar-refractivity contribution in [2.75, 3.05) is 18.0 Å². The van der Waals surface area contributed by atoms with Crippen molar-refractivity contribution in [3.05, 3.63) is 59.8 Å². The van der Waals surface area contributed by atoms with Crippen LogP contribution in [0, 0.1) is 5.92 Å². The highest BCUT2D eigenvalue weighted by molar-refractivity contribution is 5.86. The normalized spacial score (nSPS) is 15.0. The third-order valence-corrected chi connectivity index (χ3v) is 5.63. The summed E-state index contributed by atoms with van der Waals surface area (Å²) in [7, 11) is 1.89. The molecule has 0 spiro atoms. The molecule has 1 fully saturated rings. The number of rotatable bonds is 4. The van der Waals surface area contributed by atoms with E-state index in [0.717, 1.165) is 48.3 Å². The highest BCUT2D eigenvalue weighted by Crippen LogP contribution is 2.27. The van der Waals surface area contributed by atoms with Crippen LogP contribution in [0.4, 0.5) is 5.82 Å². The molecule has 30 heavy (non-hydrogen) atoms. The molecule has 5 rings (SSSR count). The van der Waals surface area contributed by atoms with E-state index in [4.69, 9.17) is 0 Å². The van der Waals surface area contributed by atoms with Gasteiger partial charge in [0.1, 0.15) is 12.1 Å². The van der Waals surface area contributed by atoms with E-state index in [0.29, 0.717) is 18.2 Å². The van der Waals surface area contributed by atoms with Crippen LogP contribution in [-0.4, -0.2) is 47.4 Å². The molecule has 9 heteroatoms. The minimum atomic E-state index is -0.0212. The van der Waals surface area contributed by atoms with Crippen LogP contribution >= 0.6 is 0 Å². The van der Waals surface area contributed by atoms with Gasteiger partial charge in [0.2, 0.25) is 0 Å². The van der Waals surface area contributed by atoms with Crippen molar-refractivity contribution in [1.82, 2.24) is 34.3 Å². The highest BCUT2D eigenvalue weighted by atomic mass is 16.1. The first kappa shape index (κ1) is 18.4. The standard InChI is InChI=1S/C21H22N8O/c1-27-12-17-20(26-27)23-13-24-21(17)28-8-4-15(5-9-28)11-29-14-25-18(10-19(29)30)16-2-6-22-7-3-16/h2-3,6-7,10,12-15H,4-5,8-9,11H2,1H3. The Morgan fingerprint density at radius 3 is 2.67 bits per heavy atom. The molecule has 0 bridgehead atoms. The summed E-state index contributed by atoms with van der Waals surface area (Å²) in [6, 6.07) is 5.31. The van der Waals surface area contributed by atoms with E-state index in [-0.39, 0.29) is 5.56 Å². The predicted octanol–water partition coefficient (Wildman–Crippen LogP) is 1.90. The van der Waals surface area contributed by atoms with Crippen LogP contribution in [0.1, 0.15) is 12.8 Å². The van der Waals surface area contributed by atoms with Gasteiger partial charge in [0, 0.05) is 56.9 Å². The topological polar surface area (TPSA) is 94.6 Å². The summed E-state index contributed by atoms with van der Waals surface area (Å²) in [5, 5.41) is 5.35. The van der Waals surface area contributed by atoms with E-state index in [2.05, 4.69) is 29.9 Å². The number of aryl methyl sites for hydroxylation is 1. The van der Waals surface area contributed by atoms with Gasteiger partial charge >= 0.3 is 0 Å². The van der Waals surface area contributed by atoms with Gasteiger partial charge in [-0.3, -0.25) is 19.0 Å². The molecule has 4 aromatic heterocycles. The molecule has 5 heterocycles. The van der Waals surface area contributed by atoms with Crippen molar-refractivity contribution < 1.29 is 0 Å².